The molecular formula is C21H15ClO6. The number of esters is 2. The smallest absolute Gasteiger partial charge is 0.343 e. The van der Waals surface area contributed by atoms with Gasteiger partial charge in [-0.25, -0.2) is 9.59 Å². The zero-order chi connectivity index (χ0) is 20.1. The van der Waals surface area contributed by atoms with Gasteiger partial charge >= 0.3 is 11.9 Å². The molecule has 0 atom stereocenters. The molecule has 0 radical (unpaired) electrons. The van der Waals surface area contributed by atoms with Crippen LogP contribution in [0.5, 0.6) is 23.0 Å². The van der Waals surface area contributed by atoms with Crippen LogP contribution in [0.3, 0.4) is 0 Å². The highest BCUT2D eigenvalue weighted by molar-refractivity contribution is 6.32. The molecule has 0 heterocycles. The average Bonchev–Trinajstić information content (AvgIpc) is 2.70. The highest BCUT2D eigenvalue weighted by Gasteiger charge is 2.14. The van der Waals surface area contributed by atoms with Crippen LogP contribution >= 0.6 is 11.6 Å². The Labute approximate surface area is 165 Å². The van der Waals surface area contributed by atoms with Crippen LogP contribution in [0.1, 0.15) is 20.7 Å². The molecule has 6 nitrogen and oxygen atoms in total. The molecule has 0 aliphatic carbocycles. The first-order chi connectivity index (χ1) is 13.5. The highest BCUT2D eigenvalue weighted by Crippen LogP contribution is 2.30. The van der Waals surface area contributed by atoms with E-state index in [-0.39, 0.29) is 27.8 Å². The normalized spacial score (nSPS) is 10.2. The molecule has 0 saturated carbocycles. The van der Waals surface area contributed by atoms with Crippen molar-refractivity contribution in [3.63, 3.8) is 0 Å². The Bertz CT molecular complexity index is 996. The molecule has 0 saturated heterocycles. The van der Waals surface area contributed by atoms with Crippen LogP contribution in [0.25, 0.3) is 0 Å². The summed E-state index contributed by atoms with van der Waals surface area (Å²) >= 11 is 6.13. The second kappa shape index (κ2) is 8.45. The zero-order valence-electron chi connectivity index (χ0n) is 14.7. The molecule has 1 N–H and O–H groups in total. The number of aromatic hydroxyl groups is 1. The summed E-state index contributed by atoms with van der Waals surface area (Å²) < 4.78 is 15.6. The molecule has 7 heteroatoms. The molecule has 3 rings (SSSR count). The van der Waals surface area contributed by atoms with Crippen molar-refractivity contribution in [3.8, 4) is 23.0 Å². The molecule has 0 spiro atoms. The molecule has 0 unspecified atom stereocenters. The first-order valence-corrected chi connectivity index (χ1v) is 8.51. The topological polar surface area (TPSA) is 82.1 Å². The van der Waals surface area contributed by atoms with Crippen LogP contribution in [-0.2, 0) is 0 Å². The van der Waals surface area contributed by atoms with Crippen molar-refractivity contribution in [1.29, 1.82) is 0 Å². The lowest BCUT2D eigenvalue weighted by molar-refractivity contribution is 0.0719. The Morgan fingerprint density at radius 3 is 1.89 bits per heavy atom. The van der Waals surface area contributed by atoms with Crippen LogP contribution in [0.2, 0.25) is 5.02 Å². The summed E-state index contributed by atoms with van der Waals surface area (Å²) in [6.45, 7) is 0. The monoisotopic (exact) mass is 398 g/mol. The molecule has 0 bridgehead atoms. The van der Waals surface area contributed by atoms with Crippen LogP contribution in [0.15, 0.2) is 66.7 Å². The number of carbonyl (C=O) groups excluding carboxylic acids is 2. The summed E-state index contributed by atoms with van der Waals surface area (Å²) in [4.78, 5) is 24.3. The molecule has 3 aromatic carbocycles. The SMILES string of the molecule is COc1ccc(C(=O)Oc2ccc(OC(=O)c3ccc(O)cc3)c(Cl)c2)cc1. The van der Waals surface area contributed by atoms with Gasteiger partial charge in [-0.05, 0) is 60.7 Å². The quantitative estimate of drug-likeness (QED) is 0.503. The van der Waals surface area contributed by atoms with Crippen molar-refractivity contribution in [3.05, 3.63) is 82.9 Å². The van der Waals surface area contributed by atoms with Gasteiger partial charge < -0.3 is 19.3 Å². The third-order valence-corrected chi connectivity index (χ3v) is 4.04. The molecular weight excluding hydrogens is 384 g/mol. The third kappa shape index (κ3) is 4.61. The lowest BCUT2D eigenvalue weighted by Crippen LogP contribution is -2.10. The molecule has 142 valence electrons. The average molecular weight is 399 g/mol. The zero-order valence-corrected chi connectivity index (χ0v) is 15.5. The third-order valence-electron chi connectivity index (χ3n) is 3.75. The second-order valence-corrected chi connectivity index (χ2v) is 6.05. The minimum absolute atomic E-state index is 0.0395. The molecule has 0 aliphatic rings. The number of carbonyl (C=O) groups is 2. The summed E-state index contributed by atoms with van der Waals surface area (Å²) in [5, 5.41) is 9.37. The van der Waals surface area contributed by atoms with Crippen molar-refractivity contribution in [2.24, 2.45) is 0 Å². The van der Waals surface area contributed by atoms with Gasteiger partial charge in [-0.15, -0.1) is 0 Å². The van der Waals surface area contributed by atoms with E-state index >= 15 is 0 Å². The summed E-state index contributed by atoms with van der Waals surface area (Å²) in [6.07, 6.45) is 0. The van der Waals surface area contributed by atoms with E-state index in [1.165, 1.54) is 49.6 Å². The van der Waals surface area contributed by atoms with E-state index in [0.29, 0.717) is 11.3 Å². The Morgan fingerprint density at radius 2 is 1.32 bits per heavy atom. The Balaban J connectivity index is 1.68. The van der Waals surface area contributed by atoms with Crippen LogP contribution < -0.4 is 14.2 Å². The lowest BCUT2D eigenvalue weighted by atomic mass is 10.2. The van der Waals surface area contributed by atoms with E-state index in [9.17, 15) is 14.7 Å². The Morgan fingerprint density at radius 1 is 0.786 bits per heavy atom. The van der Waals surface area contributed by atoms with Gasteiger partial charge in [0.05, 0.1) is 23.3 Å². The number of ether oxygens (including phenoxy) is 3. The number of hydrogen-bond donors (Lipinski definition) is 1. The van der Waals surface area contributed by atoms with Crippen LogP contribution in [0, 0.1) is 0 Å². The van der Waals surface area contributed by atoms with Gasteiger partial charge in [0, 0.05) is 6.07 Å². The van der Waals surface area contributed by atoms with E-state index < -0.39 is 11.9 Å². The minimum Gasteiger partial charge on any atom is -0.508 e. The maximum atomic E-state index is 12.2. The largest absolute Gasteiger partial charge is 0.508 e. The Hall–Kier alpha value is -3.51. The summed E-state index contributed by atoms with van der Waals surface area (Å²) in [5.74, 6) is -0.214. The van der Waals surface area contributed by atoms with Gasteiger partial charge in [0.2, 0.25) is 0 Å². The van der Waals surface area contributed by atoms with Gasteiger partial charge in [0.15, 0.2) is 0 Å². The summed E-state index contributed by atoms with van der Waals surface area (Å²) in [7, 11) is 1.53. The molecule has 0 aromatic heterocycles. The molecule has 3 aromatic rings. The van der Waals surface area contributed by atoms with Gasteiger partial charge in [-0.2, -0.15) is 0 Å². The fourth-order valence-corrected chi connectivity index (χ4v) is 2.49. The maximum Gasteiger partial charge on any atom is 0.343 e. The first kappa shape index (κ1) is 19.3. The van der Waals surface area contributed by atoms with Crippen LogP contribution in [-0.4, -0.2) is 24.2 Å². The lowest BCUT2D eigenvalue weighted by Gasteiger charge is -2.09. The number of rotatable bonds is 5. The van der Waals surface area contributed by atoms with E-state index in [4.69, 9.17) is 25.8 Å². The second-order valence-electron chi connectivity index (χ2n) is 5.65. The van der Waals surface area contributed by atoms with Crippen molar-refractivity contribution in [1.82, 2.24) is 0 Å². The fourth-order valence-electron chi connectivity index (χ4n) is 2.28. The van der Waals surface area contributed by atoms with Crippen molar-refractivity contribution in [2.75, 3.05) is 7.11 Å². The predicted octanol–water partition coefficient (Wildman–Crippen LogP) is 4.49. The van der Waals surface area contributed by atoms with E-state index in [1.807, 2.05) is 0 Å². The predicted molar refractivity (Wildman–Crippen MR) is 102 cm³/mol. The molecule has 28 heavy (non-hydrogen) atoms. The fraction of sp³-hybridized carbons (Fsp3) is 0.0476. The number of phenolic OH excluding ortho intramolecular Hbond substituents is 1. The summed E-state index contributed by atoms with van der Waals surface area (Å²) in [5.41, 5.74) is 0.601. The van der Waals surface area contributed by atoms with Crippen molar-refractivity contribution >= 4 is 23.5 Å². The van der Waals surface area contributed by atoms with Crippen molar-refractivity contribution in [2.45, 2.75) is 0 Å². The van der Waals surface area contributed by atoms with Crippen molar-refractivity contribution < 1.29 is 28.9 Å². The van der Waals surface area contributed by atoms with Gasteiger partial charge in [0.25, 0.3) is 0 Å². The molecule has 0 aliphatic heterocycles. The van der Waals surface area contributed by atoms with Gasteiger partial charge in [-0.3, -0.25) is 0 Å². The van der Waals surface area contributed by atoms with Crippen LogP contribution in [0.4, 0.5) is 0 Å². The van der Waals surface area contributed by atoms with E-state index in [1.54, 1.807) is 24.3 Å². The number of phenols is 1. The standard InChI is InChI=1S/C21H15ClO6/c1-26-16-8-4-14(5-9-16)20(24)27-17-10-11-19(18(22)12-17)28-21(25)13-2-6-15(23)7-3-13/h2-12,23H,1H3. The summed E-state index contributed by atoms with van der Waals surface area (Å²) in [6, 6.07) is 16.3. The van der Waals surface area contributed by atoms with Gasteiger partial charge in [0.1, 0.15) is 23.0 Å². The maximum absolute atomic E-state index is 12.2. The minimum atomic E-state index is -0.634. The van der Waals surface area contributed by atoms with E-state index in [2.05, 4.69) is 0 Å². The number of methoxy groups -OCH3 is 1. The number of halogens is 1. The first-order valence-electron chi connectivity index (χ1n) is 8.13. The number of hydrogen-bond acceptors (Lipinski definition) is 6. The highest BCUT2D eigenvalue weighted by atomic mass is 35.5. The Kier molecular flexibility index (Phi) is 5.81. The van der Waals surface area contributed by atoms with E-state index in [0.717, 1.165) is 0 Å². The van der Waals surface area contributed by atoms with Gasteiger partial charge in [-0.1, -0.05) is 11.6 Å². The number of benzene rings is 3. The molecule has 0 amide bonds. The molecule has 0 fully saturated rings.